The van der Waals surface area contributed by atoms with Crippen LogP contribution in [0.5, 0.6) is 0 Å². The van der Waals surface area contributed by atoms with Gasteiger partial charge in [-0.1, -0.05) is 5.16 Å². The van der Waals surface area contributed by atoms with Crippen LogP contribution in [0.4, 0.5) is 0 Å². The van der Waals surface area contributed by atoms with E-state index in [2.05, 4.69) is 5.16 Å². The summed E-state index contributed by atoms with van der Waals surface area (Å²) < 4.78 is 10.3. The number of ether oxygens (including phenoxy) is 1. The Balaban J connectivity index is 0.00000162. The number of amides is 1. The van der Waals surface area contributed by atoms with Crippen LogP contribution in [0.3, 0.4) is 0 Å². The van der Waals surface area contributed by atoms with E-state index in [4.69, 9.17) is 15.0 Å². The highest BCUT2D eigenvalue weighted by Crippen LogP contribution is 2.20. The highest BCUT2D eigenvalue weighted by Gasteiger charge is 2.31. The van der Waals surface area contributed by atoms with Gasteiger partial charge >= 0.3 is 0 Å². The number of carbonyl (C=O) groups is 1. The molecule has 2 rings (SSSR count). The summed E-state index contributed by atoms with van der Waals surface area (Å²) in [6.07, 6.45) is 2.74. The molecule has 1 aliphatic heterocycles. The normalized spacial score (nSPS) is 22.6. The first-order chi connectivity index (χ1) is 8.20. The Morgan fingerprint density at radius 1 is 1.61 bits per heavy atom. The van der Waals surface area contributed by atoms with Gasteiger partial charge in [0, 0.05) is 19.7 Å². The molecule has 0 bridgehead atoms. The van der Waals surface area contributed by atoms with Crippen molar-refractivity contribution in [3.05, 3.63) is 18.0 Å². The first-order valence-electron chi connectivity index (χ1n) is 5.70. The lowest BCUT2D eigenvalue weighted by molar-refractivity contribution is -0.142. The second kappa shape index (κ2) is 6.72. The molecular weight excluding hydrogens is 258 g/mol. The smallest absolute Gasteiger partial charge is 0.251 e. The maximum absolute atomic E-state index is 12.0. The van der Waals surface area contributed by atoms with E-state index in [1.54, 1.807) is 18.0 Å². The highest BCUT2D eigenvalue weighted by atomic mass is 35.5. The molecule has 18 heavy (non-hydrogen) atoms. The third-order valence-corrected chi connectivity index (χ3v) is 2.91. The standard InChI is InChI=1S/C11H17N3O3.ClH/c1-14(7-8-4-5-16-13-8)11(15)10-3-2-9(6-12)17-10;/h4-5,9-10H,2-3,6-7,12H2,1H3;1H/t9-,10+;/m1./s1. The minimum atomic E-state index is -0.361. The molecule has 1 aromatic rings. The molecule has 0 radical (unpaired) electrons. The van der Waals surface area contributed by atoms with Crippen molar-refractivity contribution in [3.8, 4) is 0 Å². The summed E-state index contributed by atoms with van der Waals surface area (Å²) in [5, 5.41) is 3.77. The Morgan fingerprint density at radius 3 is 2.94 bits per heavy atom. The Labute approximate surface area is 112 Å². The SMILES string of the molecule is CN(Cc1ccon1)C(=O)[C@@H]1CC[C@H](CN)O1.Cl. The molecule has 0 aromatic carbocycles. The van der Waals surface area contributed by atoms with Crippen LogP contribution in [-0.2, 0) is 16.1 Å². The fraction of sp³-hybridized carbons (Fsp3) is 0.636. The summed E-state index contributed by atoms with van der Waals surface area (Å²) >= 11 is 0. The fourth-order valence-corrected chi connectivity index (χ4v) is 1.95. The van der Waals surface area contributed by atoms with Crippen molar-refractivity contribution in [2.24, 2.45) is 5.73 Å². The average molecular weight is 276 g/mol. The van der Waals surface area contributed by atoms with Gasteiger partial charge in [-0.05, 0) is 12.8 Å². The zero-order chi connectivity index (χ0) is 12.3. The molecule has 2 heterocycles. The van der Waals surface area contributed by atoms with Gasteiger partial charge in [0.2, 0.25) is 0 Å². The van der Waals surface area contributed by atoms with E-state index >= 15 is 0 Å². The van der Waals surface area contributed by atoms with Crippen LogP contribution in [0, 0.1) is 0 Å². The summed E-state index contributed by atoms with van der Waals surface area (Å²) in [7, 11) is 1.73. The summed E-state index contributed by atoms with van der Waals surface area (Å²) in [5.41, 5.74) is 6.24. The van der Waals surface area contributed by atoms with E-state index < -0.39 is 0 Å². The Hall–Kier alpha value is -1.11. The molecule has 7 heteroatoms. The minimum Gasteiger partial charge on any atom is -0.364 e. The molecule has 0 spiro atoms. The summed E-state index contributed by atoms with van der Waals surface area (Å²) in [4.78, 5) is 13.6. The number of carbonyl (C=O) groups excluding carboxylic acids is 1. The molecule has 1 fully saturated rings. The number of aromatic nitrogens is 1. The molecule has 102 valence electrons. The number of nitrogens with two attached hydrogens (primary N) is 1. The van der Waals surface area contributed by atoms with Gasteiger partial charge in [0.25, 0.3) is 5.91 Å². The van der Waals surface area contributed by atoms with Gasteiger partial charge in [-0.3, -0.25) is 4.79 Å². The molecule has 2 atom stereocenters. The van der Waals surface area contributed by atoms with E-state index in [9.17, 15) is 4.79 Å². The van der Waals surface area contributed by atoms with Crippen LogP contribution in [-0.4, -0.2) is 41.8 Å². The molecular formula is C11H18ClN3O3. The van der Waals surface area contributed by atoms with Crippen LogP contribution in [0.25, 0.3) is 0 Å². The maximum atomic E-state index is 12.0. The number of rotatable bonds is 4. The summed E-state index contributed by atoms with van der Waals surface area (Å²) in [5.74, 6) is -0.0241. The Kier molecular flexibility index (Phi) is 5.58. The second-order valence-electron chi connectivity index (χ2n) is 4.24. The monoisotopic (exact) mass is 275 g/mol. The van der Waals surface area contributed by atoms with Crippen molar-refractivity contribution in [1.82, 2.24) is 10.1 Å². The number of hydrogen-bond acceptors (Lipinski definition) is 5. The van der Waals surface area contributed by atoms with E-state index in [0.717, 1.165) is 18.5 Å². The van der Waals surface area contributed by atoms with Crippen molar-refractivity contribution in [2.45, 2.75) is 31.6 Å². The lowest BCUT2D eigenvalue weighted by Crippen LogP contribution is -2.36. The van der Waals surface area contributed by atoms with Gasteiger partial charge in [-0.2, -0.15) is 0 Å². The number of halogens is 1. The quantitative estimate of drug-likeness (QED) is 0.868. The molecule has 1 aliphatic rings. The van der Waals surface area contributed by atoms with Gasteiger partial charge in [-0.25, -0.2) is 0 Å². The van der Waals surface area contributed by atoms with Gasteiger partial charge in [0.15, 0.2) is 0 Å². The van der Waals surface area contributed by atoms with Crippen LogP contribution in [0.15, 0.2) is 16.9 Å². The minimum absolute atomic E-state index is 0. The van der Waals surface area contributed by atoms with Gasteiger partial charge in [0.1, 0.15) is 18.1 Å². The number of likely N-dealkylation sites (N-methyl/N-ethyl adjacent to an activating group) is 1. The zero-order valence-corrected chi connectivity index (χ0v) is 11.1. The van der Waals surface area contributed by atoms with Gasteiger partial charge in [-0.15, -0.1) is 12.4 Å². The van der Waals surface area contributed by atoms with E-state index in [0.29, 0.717) is 13.1 Å². The Bertz CT molecular complexity index is 372. The largest absolute Gasteiger partial charge is 0.364 e. The first-order valence-corrected chi connectivity index (χ1v) is 5.70. The van der Waals surface area contributed by atoms with Crippen molar-refractivity contribution < 1.29 is 14.1 Å². The Morgan fingerprint density at radius 2 is 2.39 bits per heavy atom. The van der Waals surface area contributed by atoms with Crippen molar-refractivity contribution in [3.63, 3.8) is 0 Å². The second-order valence-corrected chi connectivity index (χ2v) is 4.24. The topological polar surface area (TPSA) is 81.6 Å². The molecule has 1 amide bonds. The molecule has 0 saturated carbocycles. The number of hydrogen-bond donors (Lipinski definition) is 1. The highest BCUT2D eigenvalue weighted by molar-refractivity contribution is 5.85. The predicted molar refractivity (Wildman–Crippen MR) is 67.2 cm³/mol. The van der Waals surface area contributed by atoms with Gasteiger partial charge in [0.05, 0.1) is 12.6 Å². The van der Waals surface area contributed by atoms with Crippen LogP contribution >= 0.6 is 12.4 Å². The van der Waals surface area contributed by atoms with Gasteiger partial charge < -0.3 is 19.9 Å². The number of nitrogens with zero attached hydrogens (tertiary/aromatic N) is 2. The summed E-state index contributed by atoms with van der Waals surface area (Å²) in [6.45, 7) is 0.902. The van der Waals surface area contributed by atoms with E-state index in [-0.39, 0.29) is 30.5 Å². The van der Waals surface area contributed by atoms with Crippen LogP contribution in [0.2, 0.25) is 0 Å². The lowest BCUT2D eigenvalue weighted by Gasteiger charge is -2.20. The molecule has 0 aliphatic carbocycles. The third-order valence-electron chi connectivity index (χ3n) is 2.91. The van der Waals surface area contributed by atoms with E-state index in [1.165, 1.54) is 6.26 Å². The third kappa shape index (κ3) is 3.44. The molecule has 1 aromatic heterocycles. The van der Waals surface area contributed by atoms with Crippen LogP contribution < -0.4 is 5.73 Å². The first kappa shape index (κ1) is 14.9. The van der Waals surface area contributed by atoms with Crippen LogP contribution in [0.1, 0.15) is 18.5 Å². The molecule has 2 N–H and O–H groups in total. The molecule has 6 nitrogen and oxygen atoms in total. The molecule has 1 saturated heterocycles. The van der Waals surface area contributed by atoms with E-state index in [1.807, 2.05) is 0 Å². The predicted octanol–water partition coefficient (Wildman–Crippen LogP) is 0.561. The zero-order valence-electron chi connectivity index (χ0n) is 10.2. The molecule has 0 unspecified atom stereocenters. The lowest BCUT2D eigenvalue weighted by atomic mass is 10.2. The van der Waals surface area contributed by atoms with Crippen molar-refractivity contribution >= 4 is 18.3 Å². The average Bonchev–Trinajstić information content (AvgIpc) is 2.98. The van der Waals surface area contributed by atoms with Crippen molar-refractivity contribution in [2.75, 3.05) is 13.6 Å². The maximum Gasteiger partial charge on any atom is 0.251 e. The van der Waals surface area contributed by atoms with Crippen molar-refractivity contribution in [1.29, 1.82) is 0 Å². The fourth-order valence-electron chi connectivity index (χ4n) is 1.95. The summed E-state index contributed by atoms with van der Waals surface area (Å²) in [6, 6.07) is 1.74.